The van der Waals surface area contributed by atoms with E-state index >= 15 is 0 Å². The van der Waals surface area contributed by atoms with Crippen LogP contribution in [-0.2, 0) is 11.0 Å². The van der Waals surface area contributed by atoms with Crippen LogP contribution in [0, 0.1) is 0 Å². The summed E-state index contributed by atoms with van der Waals surface area (Å²) in [5.41, 5.74) is 9.15. The minimum absolute atomic E-state index is 0.136. The zero-order valence-corrected chi connectivity index (χ0v) is 20.9. The number of hydrogen-bond donors (Lipinski definition) is 1. The Morgan fingerprint density at radius 2 is 1.79 bits per heavy atom. The lowest BCUT2D eigenvalue weighted by molar-refractivity contribution is 0.0828. The molecule has 1 aromatic heterocycles. The van der Waals surface area contributed by atoms with Crippen molar-refractivity contribution in [1.29, 1.82) is 0 Å². The number of aromatic nitrogens is 1. The van der Waals surface area contributed by atoms with Crippen molar-refractivity contribution in [1.82, 2.24) is 14.2 Å². The van der Waals surface area contributed by atoms with Crippen molar-refractivity contribution in [2.24, 2.45) is 0 Å². The summed E-state index contributed by atoms with van der Waals surface area (Å²) < 4.78 is 15.1. The normalized spacial score (nSPS) is 18.8. The summed E-state index contributed by atoms with van der Waals surface area (Å²) in [6.07, 6.45) is 7.62. The van der Waals surface area contributed by atoms with Crippen molar-refractivity contribution in [3.63, 3.8) is 0 Å². The van der Waals surface area contributed by atoms with Gasteiger partial charge in [0.05, 0.1) is 27.3 Å². The summed E-state index contributed by atoms with van der Waals surface area (Å²) in [6, 6.07) is 7.26. The molecular weight excluding hydrogens is 458 g/mol. The molecule has 2 heterocycles. The SMILES string of the molecule is CN(C)C(=O)c1ccc(-c2cnc(N3CCN(S(=O)C4CCCCC4)CC3)c(N)c2)cc1Cl. The summed E-state index contributed by atoms with van der Waals surface area (Å²) in [6.45, 7) is 3.01. The molecular formula is C24H32ClN5O2S. The lowest BCUT2D eigenvalue weighted by atomic mass is 10.0. The summed E-state index contributed by atoms with van der Waals surface area (Å²) in [5.74, 6) is 0.621. The van der Waals surface area contributed by atoms with Crippen molar-refractivity contribution < 1.29 is 9.00 Å². The van der Waals surface area contributed by atoms with Gasteiger partial charge < -0.3 is 15.5 Å². The molecule has 4 rings (SSSR count). The highest BCUT2D eigenvalue weighted by Gasteiger charge is 2.29. The van der Waals surface area contributed by atoms with E-state index in [1.165, 1.54) is 24.2 Å². The van der Waals surface area contributed by atoms with Gasteiger partial charge in [-0.3, -0.25) is 4.79 Å². The van der Waals surface area contributed by atoms with E-state index in [1.807, 2.05) is 12.1 Å². The van der Waals surface area contributed by atoms with Crippen LogP contribution in [-0.4, -0.2) is 69.8 Å². The molecule has 1 saturated heterocycles. The second-order valence-corrected chi connectivity index (χ2v) is 11.1. The van der Waals surface area contributed by atoms with Gasteiger partial charge in [0.15, 0.2) is 5.82 Å². The van der Waals surface area contributed by atoms with Gasteiger partial charge in [0, 0.05) is 57.3 Å². The zero-order valence-electron chi connectivity index (χ0n) is 19.3. The van der Waals surface area contributed by atoms with Gasteiger partial charge in [0.25, 0.3) is 5.91 Å². The summed E-state index contributed by atoms with van der Waals surface area (Å²) in [5, 5.41) is 0.718. The van der Waals surface area contributed by atoms with Crippen molar-refractivity contribution in [2.45, 2.75) is 37.4 Å². The van der Waals surface area contributed by atoms with Crippen LogP contribution < -0.4 is 10.6 Å². The van der Waals surface area contributed by atoms with Gasteiger partial charge in [-0.2, -0.15) is 0 Å². The second-order valence-electron chi connectivity index (χ2n) is 8.98. The number of pyridine rings is 1. The monoisotopic (exact) mass is 489 g/mol. The fourth-order valence-corrected chi connectivity index (χ4v) is 6.51. The van der Waals surface area contributed by atoms with Gasteiger partial charge in [-0.25, -0.2) is 13.5 Å². The predicted molar refractivity (Wildman–Crippen MR) is 136 cm³/mol. The van der Waals surface area contributed by atoms with Crippen LogP contribution in [0.25, 0.3) is 11.1 Å². The highest BCUT2D eigenvalue weighted by atomic mass is 35.5. The molecule has 1 aliphatic heterocycles. The largest absolute Gasteiger partial charge is 0.396 e. The van der Waals surface area contributed by atoms with Crippen LogP contribution >= 0.6 is 11.6 Å². The lowest BCUT2D eigenvalue weighted by Crippen LogP contribution is -2.49. The Hall–Kier alpha value is -2.16. The van der Waals surface area contributed by atoms with Gasteiger partial charge in [0.1, 0.15) is 0 Å². The van der Waals surface area contributed by atoms with Gasteiger partial charge >= 0.3 is 0 Å². The summed E-state index contributed by atoms with van der Waals surface area (Å²) >= 11 is 6.37. The predicted octanol–water partition coefficient (Wildman–Crippen LogP) is 3.80. The number of benzene rings is 1. The number of anilines is 2. The lowest BCUT2D eigenvalue weighted by Gasteiger charge is -2.37. The molecule has 7 nitrogen and oxygen atoms in total. The van der Waals surface area contributed by atoms with Crippen LogP contribution in [0.2, 0.25) is 5.02 Å². The van der Waals surface area contributed by atoms with Crippen LogP contribution in [0.3, 0.4) is 0 Å². The number of nitrogen functional groups attached to an aromatic ring is 1. The van der Waals surface area contributed by atoms with Crippen LogP contribution in [0.4, 0.5) is 11.5 Å². The van der Waals surface area contributed by atoms with E-state index in [0.29, 0.717) is 21.5 Å². The van der Waals surface area contributed by atoms with Gasteiger partial charge in [0.2, 0.25) is 0 Å². The highest BCUT2D eigenvalue weighted by molar-refractivity contribution is 7.83. The Kier molecular flexibility index (Phi) is 7.56. The third-order valence-electron chi connectivity index (χ3n) is 6.46. The third kappa shape index (κ3) is 5.34. The minimum Gasteiger partial charge on any atom is -0.396 e. The molecule has 0 bridgehead atoms. The third-order valence-corrected chi connectivity index (χ3v) is 8.69. The van der Waals surface area contributed by atoms with E-state index in [4.69, 9.17) is 17.3 Å². The Morgan fingerprint density at radius 1 is 1.09 bits per heavy atom. The van der Waals surface area contributed by atoms with Gasteiger partial charge in [-0.05, 0) is 36.6 Å². The first-order valence-electron chi connectivity index (χ1n) is 11.5. The highest BCUT2D eigenvalue weighted by Crippen LogP contribution is 2.31. The molecule has 1 amide bonds. The molecule has 2 aromatic rings. The number of rotatable bonds is 5. The zero-order chi connectivity index (χ0) is 23.5. The summed E-state index contributed by atoms with van der Waals surface area (Å²) in [4.78, 5) is 20.5. The van der Waals surface area contributed by atoms with Crippen molar-refractivity contribution in [2.75, 3.05) is 50.9 Å². The quantitative estimate of drug-likeness (QED) is 0.690. The second kappa shape index (κ2) is 10.4. The van der Waals surface area contributed by atoms with Crippen molar-refractivity contribution in [3.8, 4) is 11.1 Å². The van der Waals surface area contributed by atoms with Crippen molar-refractivity contribution in [3.05, 3.63) is 41.0 Å². The standard InChI is InChI=1S/C24H32ClN5O2S/c1-28(2)24(31)20-9-8-17(14-21(20)25)18-15-22(26)23(27-16-18)29-10-12-30(13-11-29)33(32)19-6-4-3-5-7-19/h8-9,14-16,19H,3-7,10-13,26H2,1-2H3. The minimum atomic E-state index is -0.893. The fourth-order valence-electron chi connectivity index (χ4n) is 4.56. The first kappa shape index (κ1) is 24.0. The maximum atomic E-state index is 12.9. The molecule has 2 fully saturated rings. The molecule has 1 aliphatic carbocycles. The van der Waals surface area contributed by atoms with E-state index in [9.17, 15) is 9.00 Å². The number of piperazine rings is 1. The fraction of sp³-hybridized carbons (Fsp3) is 0.500. The van der Waals surface area contributed by atoms with Crippen LogP contribution in [0.1, 0.15) is 42.5 Å². The number of carbonyl (C=O) groups is 1. The number of hydrogen-bond acceptors (Lipinski definition) is 5. The van der Waals surface area contributed by atoms with E-state index < -0.39 is 11.0 Å². The maximum Gasteiger partial charge on any atom is 0.254 e. The van der Waals surface area contributed by atoms with Gasteiger partial charge in [-0.1, -0.05) is 36.9 Å². The average molecular weight is 490 g/mol. The topological polar surface area (TPSA) is 82.8 Å². The number of nitrogens with two attached hydrogens (primary N) is 1. The Balaban J connectivity index is 1.43. The number of carbonyl (C=O) groups excluding carboxylic acids is 1. The Labute approximate surface area is 203 Å². The molecule has 1 saturated carbocycles. The maximum absolute atomic E-state index is 12.9. The smallest absolute Gasteiger partial charge is 0.254 e. The molecule has 1 unspecified atom stereocenters. The van der Waals surface area contributed by atoms with Crippen LogP contribution in [0.15, 0.2) is 30.5 Å². The Morgan fingerprint density at radius 3 is 2.39 bits per heavy atom. The number of amides is 1. The average Bonchev–Trinajstić information content (AvgIpc) is 2.83. The number of halogens is 1. The Bertz CT molecular complexity index is 1030. The molecule has 2 aliphatic rings. The van der Waals surface area contributed by atoms with E-state index in [1.54, 1.807) is 32.4 Å². The molecule has 2 N–H and O–H groups in total. The van der Waals surface area contributed by atoms with Crippen molar-refractivity contribution >= 4 is 40.0 Å². The molecule has 9 heteroatoms. The molecule has 0 radical (unpaired) electrons. The molecule has 33 heavy (non-hydrogen) atoms. The van der Waals surface area contributed by atoms with Gasteiger partial charge in [-0.15, -0.1) is 0 Å². The molecule has 178 valence electrons. The molecule has 0 spiro atoms. The molecule has 1 atom stereocenters. The van der Waals surface area contributed by atoms with Crippen LogP contribution in [0.5, 0.6) is 0 Å². The number of nitrogens with zero attached hydrogens (tertiary/aromatic N) is 4. The summed E-state index contributed by atoms with van der Waals surface area (Å²) in [7, 11) is 2.50. The van der Waals surface area contributed by atoms with E-state index in [0.717, 1.165) is 56.0 Å². The first-order chi connectivity index (χ1) is 15.8. The van der Waals surface area contributed by atoms with E-state index in [2.05, 4.69) is 14.2 Å². The first-order valence-corrected chi connectivity index (χ1v) is 13.1. The molecule has 1 aromatic carbocycles. The van der Waals surface area contributed by atoms with E-state index in [-0.39, 0.29) is 5.91 Å².